The van der Waals surface area contributed by atoms with Crippen LogP contribution in [-0.2, 0) is 24.2 Å². The van der Waals surface area contributed by atoms with Gasteiger partial charge in [0.15, 0.2) is 5.82 Å². The van der Waals surface area contributed by atoms with Crippen molar-refractivity contribution in [2.24, 2.45) is 0 Å². The summed E-state index contributed by atoms with van der Waals surface area (Å²) in [5.74, 6) is 1.75. The van der Waals surface area contributed by atoms with E-state index in [0.717, 1.165) is 54.0 Å². The summed E-state index contributed by atoms with van der Waals surface area (Å²) in [5.41, 5.74) is 3.85. The Morgan fingerprint density at radius 3 is 2.68 bits per heavy atom. The first-order valence-electron chi connectivity index (χ1n) is 13.3. The van der Waals surface area contributed by atoms with Crippen LogP contribution >= 0.6 is 0 Å². The Morgan fingerprint density at radius 2 is 1.95 bits per heavy atom. The molecule has 2 aromatic heterocycles. The molecule has 8 nitrogen and oxygen atoms in total. The fourth-order valence-electron chi connectivity index (χ4n) is 4.47. The topological polar surface area (TPSA) is 93.0 Å². The molecule has 0 saturated heterocycles. The van der Waals surface area contributed by atoms with E-state index in [9.17, 15) is 9.59 Å². The molecule has 2 amide bonds. The van der Waals surface area contributed by atoms with Crippen LogP contribution < -0.4 is 5.32 Å². The number of carbonyl (C=O) groups is 2. The van der Waals surface area contributed by atoms with E-state index in [-0.39, 0.29) is 11.8 Å². The van der Waals surface area contributed by atoms with Gasteiger partial charge in [0.1, 0.15) is 11.5 Å². The fraction of sp³-hybridized carbons (Fsp3) is 0.483. The molecular formula is C29H40N6O2. The maximum absolute atomic E-state index is 12.7. The van der Waals surface area contributed by atoms with Crippen LogP contribution in [0.3, 0.4) is 0 Å². The molecule has 1 atom stereocenters. The summed E-state index contributed by atoms with van der Waals surface area (Å²) in [5, 5.41) is 11.4. The number of carbonyl (C=O) groups excluding carboxylic acids is 2. The summed E-state index contributed by atoms with van der Waals surface area (Å²) >= 11 is 0. The van der Waals surface area contributed by atoms with E-state index in [1.165, 1.54) is 6.42 Å². The van der Waals surface area contributed by atoms with E-state index in [2.05, 4.69) is 52.4 Å². The second kappa shape index (κ2) is 13.1. The molecule has 2 aromatic rings. The Hall–Kier alpha value is -3.55. The number of aromatic nitrogens is 4. The third-order valence-corrected chi connectivity index (χ3v) is 6.41. The number of pyridine rings is 1. The third kappa shape index (κ3) is 7.02. The van der Waals surface area contributed by atoms with Crippen molar-refractivity contribution >= 4 is 17.4 Å². The van der Waals surface area contributed by atoms with Crippen molar-refractivity contribution in [1.82, 2.24) is 30.0 Å². The van der Waals surface area contributed by atoms with E-state index in [0.29, 0.717) is 36.9 Å². The van der Waals surface area contributed by atoms with Crippen LogP contribution in [0.5, 0.6) is 0 Å². The van der Waals surface area contributed by atoms with Crippen LogP contribution in [0, 0.1) is 0 Å². The zero-order valence-corrected chi connectivity index (χ0v) is 22.9. The number of amides is 2. The highest BCUT2D eigenvalue weighted by atomic mass is 16.2. The minimum Gasteiger partial charge on any atom is -0.338 e. The van der Waals surface area contributed by atoms with Gasteiger partial charge in [-0.2, -0.15) is 0 Å². The maximum Gasteiger partial charge on any atom is 0.274 e. The van der Waals surface area contributed by atoms with Crippen LogP contribution in [0.1, 0.15) is 99.6 Å². The zero-order valence-electron chi connectivity index (χ0n) is 22.9. The predicted octanol–water partition coefficient (Wildman–Crippen LogP) is 5.18. The Balaban J connectivity index is 0.00000121. The molecule has 0 aromatic carbocycles. The largest absolute Gasteiger partial charge is 0.338 e. The van der Waals surface area contributed by atoms with E-state index >= 15 is 0 Å². The summed E-state index contributed by atoms with van der Waals surface area (Å²) in [7, 11) is 0. The van der Waals surface area contributed by atoms with Gasteiger partial charge in [0.2, 0.25) is 5.91 Å². The summed E-state index contributed by atoms with van der Waals surface area (Å²) in [6.07, 6.45) is 12.7. The highest BCUT2D eigenvalue weighted by Crippen LogP contribution is 2.28. The first-order valence-corrected chi connectivity index (χ1v) is 13.3. The Bertz CT molecular complexity index is 1190. The van der Waals surface area contributed by atoms with Gasteiger partial charge in [-0.05, 0) is 62.0 Å². The van der Waals surface area contributed by atoms with Crippen molar-refractivity contribution in [3.8, 4) is 0 Å². The SMILES string of the molecule is C=C(/C=C\C=C(/C)c1nnc2n1C(C)CC2)NC(=O)c1cc2c(cn1)CCN(C(=O)CCC)C2.CCC. The molecule has 0 bridgehead atoms. The number of aryl methyl sites for hydroxylation is 1. The molecule has 0 saturated carbocycles. The lowest BCUT2D eigenvalue weighted by Gasteiger charge is -2.29. The minimum atomic E-state index is -0.320. The summed E-state index contributed by atoms with van der Waals surface area (Å²) in [4.78, 5) is 31.2. The van der Waals surface area contributed by atoms with Crippen molar-refractivity contribution in [2.75, 3.05) is 6.54 Å². The monoisotopic (exact) mass is 504 g/mol. The number of nitrogens with one attached hydrogen (secondary N) is 1. The predicted molar refractivity (Wildman–Crippen MR) is 147 cm³/mol. The lowest BCUT2D eigenvalue weighted by Crippen LogP contribution is -2.36. The van der Waals surface area contributed by atoms with Gasteiger partial charge < -0.3 is 14.8 Å². The van der Waals surface area contributed by atoms with Crippen LogP contribution in [0.4, 0.5) is 0 Å². The van der Waals surface area contributed by atoms with Gasteiger partial charge in [0, 0.05) is 43.9 Å². The zero-order chi connectivity index (χ0) is 26.9. The van der Waals surface area contributed by atoms with Gasteiger partial charge in [0.05, 0.1) is 0 Å². The minimum absolute atomic E-state index is 0.156. The lowest BCUT2D eigenvalue weighted by atomic mass is 10.0. The first-order chi connectivity index (χ1) is 17.8. The standard InChI is InChI=1S/C26H32N6O2.C3H8/c1-5-7-24(33)31-13-12-20-15-27-22(14-21(20)16-31)26(34)28-18(3)9-6-8-17(2)25-30-29-23-11-10-19(4)32(23)25;1-3-2/h6,8-9,14-15,19H,3,5,7,10-13,16H2,1-2,4H3,(H,28,34);3H2,1-2H3/b9-6-,17-8+;. The summed E-state index contributed by atoms with van der Waals surface area (Å²) in [6, 6.07) is 2.19. The van der Waals surface area contributed by atoms with Crippen LogP contribution in [0.25, 0.3) is 5.57 Å². The molecule has 4 rings (SSSR count). The van der Waals surface area contributed by atoms with Gasteiger partial charge in [-0.1, -0.05) is 45.9 Å². The number of allylic oxidation sites excluding steroid dienone is 4. The smallest absolute Gasteiger partial charge is 0.274 e. The lowest BCUT2D eigenvalue weighted by molar-refractivity contribution is -0.132. The molecule has 8 heteroatoms. The van der Waals surface area contributed by atoms with Crippen molar-refractivity contribution in [3.63, 3.8) is 0 Å². The molecule has 2 aliphatic rings. The fourth-order valence-corrected chi connectivity index (χ4v) is 4.47. The van der Waals surface area contributed by atoms with Crippen molar-refractivity contribution in [3.05, 3.63) is 71.2 Å². The Morgan fingerprint density at radius 1 is 1.19 bits per heavy atom. The molecular weight excluding hydrogens is 464 g/mol. The van der Waals surface area contributed by atoms with Crippen LogP contribution in [0.15, 0.2) is 42.8 Å². The van der Waals surface area contributed by atoms with E-state index in [1.807, 2.05) is 30.9 Å². The second-order valence-electron chi connectivity index (χ2n) is 9.75. The van der Waals surface area contributed by atoms with Gasteiger partial charge in [0.25, 0.3) is 5.91 Å². The Labute approximate surface area is 220 Å². The molecule has 1 unspecified atom stereocenters. The quantitative estimate of drug-likeness (QED) is 0.524. The molecule has 0 radical (unpaired) electrons. The molecule has 37 heavy (non-hydrogen) atoms. The molecule has 4 heterocycles. The van der Waals surface area contributed by atoms with Gasteiger partial charge in [-0.3, -0.25) is 14.6 Å². The molecule has 0 spiro atoms. The second-order valence-corrected chi connectivity index (χ2v) is 9.75. The summed E-state index contributed by atoms with van der Waals surface area (Å²) < 4.78 is 2.19. The molecule has 0 aliphatic carbocycles. The van der Waals surface area contributed by atoms with E-state index in [4.69, 9.17) is 0 Å². The molecule has 0 fully saturated rings. The summed E-state index contributed by atoms with van der Waals surface area (Å²) in [6.45, 7) is 15.6. The average Bonchev–Trinajstić information content (AvgIpc) is 3.47. The number of hydrogen-bond acceptors (Lipinski definition) is 5. The highest BCUT2D eigenvalue weighted by molar-refractivity contribution is 5.94. The average molecular weight is 505 g/mol. The molecule has 2 aliphatic heterocycles. The third-order valence-electron chi connectivity index (χ3n) is 6.41. The van der Waals surface area contributed by atoms with Gasteiger partial charge >= 0.3 is 0 Å². The number of hydrogen-bond donors (Lipinski definition) is 1. The maximum atomic E-state index is 12.7. The van der Waals surface area contributed by atoms with E-state index < -0.39 is 0 Å². The van der Waals surface area contributed by atoms with Crippen LogP contribution in [-0.4, -0.2) is 43.0 Å². The van der Waals surface area contributed by atoms with Crippen LogP contribution in [0.2, 0.25) is 0 Å². The van der Waals surface area contributed by atoms with E-state index in [1.54, 1.807) is 18.3 Å². The first kappa shape index (κ1) is 28.0. The van der Waals surface area contributed by atoms with Crippen molar-refractivity contribution in [1.29, 1.82) is 0 Å². The highest BCUT2D eigenvalue weighted by Gasteiger charge is 2.24. The number of rotatable bonds is 7. The normalized spacial score (nSPS) is 16.6. The molecule has 1 N–H and O–H groups in total. The Kier molecular flexibility index (Phi) is 9.94. The number of nitrogens with zero attached hydrogens (tertiary/aromatic N) is 5. The molecule has 198 valence electrons. The number of fused-ring (bicyclic) bond motifs is 2. The van der Waals surface area contributed by atoms with Crippen molar-refractivity contribution < 1.29 is 9.59 Å². The van der Waals surface area contributed by atoms with Crippen molar-refractivity contribution in [2.45, 2.75) is 85.7 Å². The van der Waals surface area contributed by atoms with Gasteiger partial charge in [-0.25, -0.2) is 0 Å². The van der Waals surface area contributed by atoms with Gasteiger partial charge in [-0.15, -0.1) is 10.2 Å².